The van der Waals surface area contributed by atoms with E-state index < -0.39 is 0 Å². The lowest BCUT2D eigenvalue weighted by Crippen LogP contribution is -1.99. The summed E-state index contributed by atoms with van der Waals surface area (Å²) in [5, 5.41) is 0. The van der Waals surface area contributed by atoms with E-state index in [-0.39, 0.29) is 6.79 Å². The highest BCUT2D eigenvalue weighted by Gasteiger charge is 2.06. The van der Waals surface area contributed by atoms with Crippen LogP contribution in [0.15, 0.2) is 46.9 Å². The van der Waals surface area contributed by atoms with Crippen LogP contribution in [0.4, 0.5) is 0 Å². The maximum atomic E-state index is 5.52. The molecular weight excluding hydrogens is 292 g/mol. The van der Waals surface area contributed by atoms with Gasteiger partial charge in [0.15, 0.2) is 6.79 Å². The molecule has 0 amide bonds. The van der Waals surface area contributed by atoms with Crippen molar-refractivity contribution >= 4 is 15.9 Å². The summed E-state index contributed by atoms with van der Waals surface area (Å²) in [4.78, 5) is 0. The van der Waals surface area contributed by atoms with Crippen LogP contribution >= 0.6 is 15.9 Å². The van der Waals surface area contributed by atoms with Crippen molar-refractivity contribution in [2.45, 2.75) is 6.92 Å². The van der Waals surface area contributed by atoms with Gasteiger partial charge in [0.25, 0.3) is 0 Å². The first kappa shape index (κ1) is 13.1. The molecule has 94 valence electrons. The second-order valence-electron chi connectivity index (χ2n) is 4.01. The summed E-state index contributed by atoms with van der Waals surface area (Å²) in [6, 6.07) is 14.4. The number of halogens is 1. The van der Waals surface area contributed by atoms with Gasteiger partial charge in [0.2, 0.25) is 0 Å². The predicted molar refractivity (Wildman–Crippen MR) is 76.8 cm³/mol. The molecule has 2 rings (SSSR count). The molecule has 2 nitrogen and oxygen atoms in total. The third-order valence-corrected chi connectivity index (χ3v) is 3.37. The number of methoxy groups -OCH3 is 1. The van der Waals surface area contributed by atoms with Gasteiger partial charge in [-0.05, 0) is 51.7 Å². The van der Waals surface area contributed by atoms with Crippen molar-refractivity contribution in [3.05, 3.63) is 52.5 Å². The minimum absolute atomic E-state index is 0.246. The van der Waals surface area contributed by atoms with Crippen molar-refractivity contribution in [3.63, 3.8) is 0 Å². The SMILES string of the molecule is COCOc1cc(-c2ccccc2C)ccc1Br. The van der Waals surface area contributed by atoms with Gasteiger partial charge in [0.05, 0.1) is 4.47 Å². The monoisotopic (exact) mass is 306 g/mol. The van der Waals surface area contributed by atoms with E-state index in [1.54, 1.807) is 7.11 Å². The molecule has 0 N–H and O–H groups in total. The van der Waals surface area contributed by atoms with Crippen LogP contribution in [0.5, 0.6) is 5.75 Å². The number of aryl methyl sites for hydroxylation is 1. The molecule has 0 atom stereocenters. The molecule has 0 aliphatic carbocycles. The second kappa shape index (κ2) is 6.03. The van der Waals surface area contributed by atoms with E-state index in [0.29, 0.717) is 0 Å². The van der Waals surface area contributed by atoms with Gasteiger partial charge in [0, 0.05) is 7.11 Å². The maximum Gasteiger partial charge on any atom is 0.188 e. The van der Waals surface area contributed by atoms with Crippen molar-refractivity contribution in [3.8, 4) is 16.9 Å². The maximum absolute atomic E-state index is 5.52. The van der Waals surface area contributed by atoms with Crippen LogP contribution in [-0.4, -0.2) is 13.9 Å². The molecule has 18 heavy (non-hydrogen) atoms. The van der Waals surface area contributed by atoms with Gasteiger partial charge in [-0.25, -0.2) is 0 Å². The van der Waals surface area contributed by atoms with Crippen LogP contribution in [-0.2, 0) is 4.74 Å². The Labute approximate surface area is 116 Å². The summed E-state index contributed by atoms with van der Waals surface area (Å²) in [7, 11) is 1.61. The van der Waals surface area contributed by atoms with Gasteiger partial charge < -0.3 is 9.47 Å². The van der Waals surface area contributed by atoms with E-state index in [0.717, 1.165) is 15.8 Å². The summed E-state index contributed by atoms with van der Waals surface area (Å²) in [5.41, 5.74) is 3.60. The fourth-order valence-corrected chi connectivity index (χ4v) is 2.16. The fraction of sp³-hybridized carbons (Fsp3) is 0.200. The van der Waals surface area contributed by atoms with Crippen LogP contribution in [0.1, 0.15) is 5.56 Å². The number of hydrogen-bond acceptors (Lipinski definition) is 2. The molecule has 0 fully saturated rings. The van der Waals surface area contributed by atoms with Gasteiger partial charge in [-0.1, -0.05) is 30.3 Å². The third-order valence-electron chi connectivity index (χ3n) is 2.72. The largest absolute Gasteiger partial charge is 0.466 e. The Hall–Kier alpha value is -1.32. The van der Waals surface area contributed by atoms with Crippen molar-refractivity contribution in [1.82, 2.24) is 0 Å². The predicted octanol–water partition coefficient (Wildman–Crippen LogP) is 4.41. The Morgan fingerprint density at radius 2 is 1.89 bits per heavy atom. The second-order valence-corrected chi connectivity index (χ2v) is 4.87. The number of rotatable bonds is 4. The molecule has 0 radical (unpaired) electrons. The molecule has 0 aromatic heterocycles. The standard InChI is InChI=1S/C15H15BrO2/c1-11-5-3-4-6-13(11)12-7-8-14(16)15(9-12)18-10-17-2/h3-9H,10H2,1-2H3. The topological polar surface area (TPSA) is 18.5 Å². The molecule has 0 saturated heterocycles. The molecule has 0 aliphatic heterocycles. The number of benzene rings is 2. The molecule has 0 bridgehead atoms. The van der Waals surface area contributed by atoms with Crippen LogP contribution < -0.4 is 4.74 Å². The van der Waals surface area contributed by atoms with Crippen molar-refractivity contribution < 1.29 is 9.47 Å². The quantitative estimate of drug-likeness (QED) is 0.779. The molecule has 0 spiro atoms. The lowest BCUT2D eigenvalue weighted by molar-refractivity contribution is 0.0506. The smallest absolute Gasteiger partial charge is 0.188 e. The minimum atomic E-state index is 0.246. The van der Waals surface area contributed by atoms with Crippen LogP contribution in [0.2, 0.25) is 0 Å². The molecule has 2 aromatic carbocycles. The summed E-state index contributed by atoms with van der Waals surface area (Å²) in [6.07, 6.45) is 0. The van der Waals surface area contributed by atoms with Gasteiger partial charge >= 0.3 is 0 Å². The first-order valence-electron chi connectivity index (χ1n) is 5.69. The van der Waals surface area contributed by atoms with Crippen molar-refractivity contribution in [2.75, 3.05) is 13.9 Å². The first-order valence-corrected chi connectivity index (χ1v) is 6.49. The van der Waals surface area contributed by atoms with E-state index in [9.17, 15) is 0 Å². The summed E-state index contributed by atoms with van der Waals surface area (Å²) < 4.78 is 11.4. The van der Waals surface area contributed by atoms with E-state index in [1.165, 1.54) is 11.1 Å². The third kappa shape index (κ3) is 2.92. The van der Waals surface area contributed by atoms with E-state index in [1.807, 2.05) is 24.3 Å². The molecule has 0 saturated carbocycles. The average molecular weight is 307 g/mol. The number of hydrogen-bond donors (Lipinski definition) is 0. The normalized spacial score (nSPS) is 10.4. The fourth-order valence-electron chi connectivity index (χ4n) is 1.80. The minimum Gasteiger partial charge on any atom is -0.466 e. The van der Waals surface area contributed by atoms with Crippen molar-refractivity contribution in [1.29, 1.82) is 0 Å². The summed E-state index contributed by atoms with van der Waals surface area (Å²) >= 11 is 3.47. The lowest BCUT2D eigenvalue weighted by atomic mass is 10.0. The highest BCUT2D eigenvalue weighted by Crippen LogP contribution is 2.32. The molecule has 0 aliphatic rings. The van der Waals surface area contributed by atoms with E-state index in [2.05, 4.69) is 41.1 Å². The molecule has 2 aromatic rings. The Morgan fingerprint density at radius 3 is 2.61 bits per heavy atom. The Balaban J connectivity index is 2.38. The Bertz CT molecular complexity index is 538. The molecule has 0 unspecified atom stereocenters. The molecular formula is C15H15BrO2. The molecule has 0 heterocycles. The van der Waals surface area contributed by atoms with E-state index in [4.69, 9.17) is 9.47 Å². The van der Waals surface area contributed by atoms with Gasteiger partial charge in [0.1, 0.15) is 5.75 Å². The van der Waals surface area contributed by atoms with E-state index >= 15 is 0 Å². The zero-order valence-corrected chi connectivity index (χ0v) is 12.0. The first-order chi connectivity index (χ1) is 8.72. The van der Waals surface area contributed by atoms with Crippen LogP contribution in [0.3, 0.4) is 0 Å². The summed E-state index contributed by atoms with van der Waals surface area (Å²) in [6.45, 7) is 2.35. The average Bonchev–Trinajstić information content (AvgIpc) is 2.39. The van der Waals surface area contributed by atoms with Crippen LogP contribution in [0, 0.1) is 6.92 Å². The lowest BCUT2D eigenvalue weighted by Gasteiger charge is -2.11. The zero-order chi connectivity index (χ0) is 13.0. The highest BCUT2D eigenvalue weighted by atomic mass is 79.9. The van der Waals surface area contributed by atoms with Crippen LogP contribution in [0.25, 0.3) is 11.1 Å². The number of ether oxygens (including phenoxy) is 2. The van der Waals surface area contributed by atoms with Gasteiger partial charge in [-0.3, -0.25) is 0 Å². The zero-order valence-electron chi connectivity index (χ0n) is 10.4. The van der Waals surface area contributed by atoms with Gasteiger partial charge in [-0.2, -0.15) is 0 Å². The molecule has 3 heteroatoms. The Kier molecular flexibility index (Phi) is 4.39. The van der Waals surface area contributed by atoms with Gasteiger partial charge in [-0.15, -0.1) is 0 Å². The Morgan fingerprint density at radius 1 is 1.11 bits per heavy atom. The summed E-state index contributed by atoms with van der Waals surface area (Å²) in [5.74, 6) is 0.789. The highest BCUT2D eigenvalue weighted by molar-refractivity contribution is 9.10. The van der Waals surface area contributed by atoms with Crippen molar-refractivity contribution in [2.24, 2.45) is 0 Å².